The predicted octanol–water partition coefficient (Wildman–Crippen LogP) is 4.46. The maximum atomic E-state index is 6.40. The lowest BCUT2D eigenvalue weighted by atomic mass is 10.2. The smallest absolute Gasteiger partial charge is 0.173 e. The molecule has 0 aliphatic carbocycles. The van der Waals surface area contributed by atoms with Gasteiger partial charge in [-0.2, -0.15) is 0 Å². The van der Waals surface area contributed by atoms with Crippen molar-refractivity contribution in [2.24, 2.45) is 0 Å². The second-order valence-corrected chi connectivity index (χ2v) is 6.35. The number of rotatable bonds is 8. The van der Waals surface area contributed by atoms with Crippen LogP contribution in [0.2, 0.25) is 0 Å². The van der Waals surface area contributed by atoms with Crippen LogP contribution in [0.25, 0.3) is 0 Å². The number of hydrogen-bond donors (Lipinski definition) is 2. The van der Waals surface area contributed by atoms with E-state index in [4.69, 9.17) is 5.73 Å². The quantitative estimate of drug-likeness (QED) is 0.577. The molecule has 1 heterocycles. The van der Waals surface area contributed by atoms with Gasteiger partial charge in [-0.15, -0.1) is 0 Å². The van der Waals surface area contributed by atoms with Gasteiger partial charge in [-0.25, -0.2) is 9.97 Å². The molecular formula is C21H26N6. The third kappa shape index (κ3) is 4.47. The number of nitrogen functional groups attached to an aromatic ring is 1. The zero-order valence-corrected chi connectivity index (χ0v) is 15.8. The number of para-hydroxylation sites is 2. The Morgan fingerprint density at radius 3 is 2.07 bits per heavy atom. The second-order valence-electron chi connectivity index (χ2n) is 6.35. The molecule has 0 bridgehead atoms. The van der Waals surface area contributed by atoms with Crippen LogP contribution in [0, 0.1) is 0 Å². The molecule has 0 aliphatic heterocycles. The van der Waals surface area contributed by atoms with Gasteiger partial charge in [0, 0.05) is 13.6 Å². The van der Waals surface area contributed by atoms with Crippen molar-refractivity contribution in [2.75, 3.05) is 34.7 Å². The average Bonchev–Trinajstić information content (AvgIpc) is 2.72. The molecule has 0 atom stereocenters. The molecule has 0 amide bonds. The number of nitrogens with two attached hydrogens (primary N) is 1. The van der Waals surface area contributed by atoms with E-state index < -0.39 is 0 Å². The van der Waals surface area contributed by atoms with Crippen LogP contribution in [0.3, 0.4) is 0 Å². The van der Waals surface area contributed by atoms with Crippen molar-refractivity contribution in [1.29, 1.82) is 0 Å². The van der Waals surface area contributed by atoms with Crippen molar-refractivity contribution in [3.8, 4) is 0 Å². The first-order valence-electron chi connectivity index (χ1n) is 9.19. The molecule has 6 nitrogen and oxygen atoms in total. The molecule has 0 saturated heterocycles. The summed E-state index contributed by atoms with van der Waals surface area (Å²) in [5, 5.41) is 1.97. The number of unbranched alkanes of at least 4 members (excludes halogenated alkanes) is 1. The molecule has 3 rings (SSSR count). The van der Waals surface area contributed by atoms with E-state index >= 15 is 0 Å². The SMILES string of the molecule is CCCCN(C)c1ncnc(NN(c2ccccc2)c2ccccc2)c1N. The van der Waals surface area contributed by atoms with Crippen LogP contribution in [-0.4, -0.2) is 23.6 Å². The Labute approximate surface area is 160 Å². The van der Waals surface area contributed by atoms with Crippen molar-refractivity contribution in [2.45, 2.75) is 19.8 Å². The standard InChI is InChI=1S/C21H26N6/c1-3-4-15-26(2)21-19(22)20(23-16-24-21)25-27(17-11-7-5-8-12-17)18-13-9-6-10-14-18/h5-14,16H,3-4,15,22H2,1-2H3,(H,23,24,25). The highest BCUT2D eigenvalue weighted by atomic mass is 15.5. The van der Waals surface area contributed by atoms with Gasteiger partial charge in [-0.05, 0) is 30.7 Å². The van der Waals surface area contributed by atoms with Crippen LogP contribution in [0.1, 0.15) is 19.8 Å². The van der Waals surface area contributed by atoms with E-state index in [1.165, 1.54) is 0 Å². The molecule has 6 heteroatoms. The topological polar surface area (TPSA) is 70.3 Å². The van der Waals surface area contributed by atoms with E-state index in [0.29, 0.717) is 11.5 Å². The Balaban J connectivity index is 1.93. The highest BCUT2D eigenvalue weighted by Gasteiger charge is 2.16. The summed E-state index contributed by atoms with van der Waals surface area (Å²) in [6.45, 7) is 3.07. The van der Waals surface area contributed by atoms with E-state index in [0.717, 1.165) is 36.6 Å². The molecule has 3 N–H and O–H groups in total. The Hall–Kier alpha value is -3.28. The highest BCUT2D eigenvalue weighted by molar-refractivity contribution is 5.78. The van der Waals surface area contributed by atoms with Crippen LogP contribution < -0.4 is 21.1 Å². The van der Waals surface area contributed by atoms with Crippen LogP contribution >= 0.6 is 0 Å². The van der Waals surface area contributed by atoms with Crippen molar-refractivity contribution in [3.63, 3.8) is 0 Å². The molecule has 140 valence electrons. The molecule has 0 aliphatic rings. The third-order valence-electron chi connectivity index (χ3n) is 4.32. The zero-order chi connectivity index (χ0) is 19.1. The third-order valence-corrected chi connectivity index (χ3v) is 4.32. The Kier molecular flexibility index (Phi) is 6.10. The molecule has 0 spiro atoms. The molecule has 2 aromatic carbocycles. The minimum atomic E-state index is 0.535. The minimum absolute atomic E-state index is 0.535. The van der Waals surface area contributed by atoms with Crippen molar-refractivity contribution in [1.82, 2.24) is 9.97 Å². The van der Waals surface area contributed by atoms with E-state index in [9.17, 15) is 0 Å². The lowest BCUT2D eigenvalue weighted by Gasteiger charge is -2.27. The number of nitrogens with one attached hydrogen (secondary N) is 1. The molecule has 0 saturated carbocycles. The lowest BCUT2D eigenvalue weighted by Crippen LogP contribution is -2.27. The highest BCUT2D eigenvalue weighted by Crippen LogP contribution is 2.30. The maximum Gasteiger partial charge on any atom is 0.173 e. The van der Waals surface area contributed by atoms with Gasteiger partial charge in [0.2, 0.25) is 0 Å². The van der Waals surface area contributed by atoms with Gasteiger partial charge >= 0.3 is 0 Å². The van der Waals surface area contributed by atoms with Crippen LogP contribution in [0.5, 0.6) is 0 Å². The number of hydrazine groups is 1. The Morgan fingerprint density at radius 2 is 1.52 bits per heavy atom. The number of aromatic nitrogens is 2. The van der Waals surface area contributed by atoms with E-state index in [1.54, 1.807) is 6.33 Å². The molecule has 27 heavy (non-hydrogen) atoms. The first-order valence-corrected chi connectivity index (χ1v) is 9.19. The van der Waals surface area contributed by atoms with Crippen molar-refractivity contribution >= 4 is 28.7 Å². The van der Waals surface area contributed by atoms with Gasteiger partial charge in [0.15, 0.2) is 11.6 Å². The number of nitrogens with zero attached hydrogens (tertiary/aromatic N) is 4. The summed E-state index contributed by atoms with van der Waals surface area (Å²) in [7, 11) is 2.00. The maximum absolute atomic E-state index is 6.40. The van der Waals surface area contributed by atoms with Gasteiger partial charge in [0.05, 0.1) is 11.4 Å². The monoisotopic (exact) mass is 362 g/mol. The van der Waals surface area contributed by atoms with Crippen LogP contribution in [0.15, 0.2) is 67.0 Å². The Morgan fingerprint density at radius 1 is 0.926 bits per heavy atom. The molecule has 0 unspecified atom stereocenters. The van der Waals surface area contributed by atoms with Gasteiger partial charge < -0.3 is 10.6 Å². The van der Waals surface area contributed by atoms with Gasteiger partial charge in [-0.3, -0.25) is 10.4 Å². The molecule has 0 fully saturated rings. The number of anilines is 5. The summed E-state index contributed by atoms with van der Waals surface area (Å²) in [6.07, 6.45) is 3.75. The van der Waals surface area contributed by atoms with Crippen LogP contribution in [0.4, 0.5) is 28.7 Å². The second kappa shape index (κ2) is 8.89. The molecule has 1 aromatic heterocycles. The largest absolute Gasteiger partial charge is 0.393 e. The summed E-state index contributed by atoms with van der Waals surface area (Å²) < 4.78 is 0. The minimum Gasteiger partial charge on any atom is -0.393 e. The summed E-state index contributed by atoms with van der Waals surface area (Å²) in [6, 6.07) is 20.1. The fourth-order valence-corrected chi connectivity index (χ4v) is 2.82. The number of benzene rings is 2. The van der Waals surface area contributed by atoms with Gasteiger partial charge in [0.25, 0.3) is 0 Å². The van der Waals surface area contributed by atoms with Crippen molar-refractivity contribution in [3.05, 3.63) is 67.0 Å². The molecule has 0 radical (unpaired) electrons. The van der Waals surface area contributed by atoms with Gasteiger partial charge in [-0.1, -0.05) is 49.7 Å². The summed E-state index contributed by atoms with van der Waals surface area (Å²) in [5.41, 5.74) is 12.3. The summed E-state index contributed by atoms with van der Waals surface area (Å²) in [4.78, 5) is 10.8. The molecule has 3 aromatic rings. The summed E-state index contributed by atoms with van der Waals surface area (Å²) in [5.74, 6) is 1.32. The van der Waals surface area contributed by atoms with Gasteiger partial charge in [0.1, 0.15) is 12.0 Å². The average molecular weight is 362 g/mol. The van der Waals surface area contributed by atoms with Crippen molar-refractivity contribution < 1.29 is 0 Å². The Bertz CT molecular complexity index is 798. The first-order chi connectivity index (χ1) is 13.2. The zero-order valence-electron chi connectivity index (χ0n) is 15.8. The van der Waals surface area contributed by atoms with E-state index in [-0.39, 0.29) is 0 Å². The van der Waals surface area contributed by atoms with Crippen LogP contribution in [-0.2, 0) is 0 Å². The lowest BCUT2D eigenvalue weighted by molar-refractivity contribution is 0.759. The van der Waals surface area contributed by atoms with E-state index in [1.807, 2.05) is 72.7 Å². The number of hydrogen-bond acceptors (Lipinski definition) is 6. The van der Waals surface area contributed by atoms with E-state index in [2.05, 4.69) is 27.2 Å². The fraction of sp³-hybridized carbons (Fsp3) is 0.238. The summed E-state index contributed by atoms with van der Waals surface area (Å²) >= 11 is 0. The molecular weight excluding hydrogens is 336 g/mol. The predicted molar refractivity (Wildman–Crippen MR) is 113 cm³/mol. The fourth-order valence-electron chi connectivity index (χ4n) is 2.82. The normalized spacial score (nSPS) is 10.4. The first kappa shape index (κ1) is 18.5.